The maximum Gasteiger partial charge on any atom is 0.352 e. The monoisotopic (exact) mass is 503 g/mol. The number of nitrogens with one attached hydrogen (secondary N) is 1. The van der Waals surface area contributed by atoms with E-state index in [1.165, 1.54) is 48.5 Å². The van der Waals surface area contributed by atoms with Gasteiger partial charge in [0.15, 0.2) is 0 Å². The Balaban J connectivity index is 1.87. The molecule has 3 atom stereocenters. The van der Waals surface area contributed by atoms with Crippen LogP contribution < -0.4 is 5.32 Å². The van der Waals surface area contributed by atoms with Crippen LogP contribution in [0.15, 0.2) is 84.9 Å². The van der Waals surface area contributed by atoms with E-state index in [2.05, 4.69) is 5.32 Å². The van der Waals surface area contributed by atoms with E-state index >= 15 is 13.2 Å². The number of methoxy groups -OCH3 is 1. The van der Waals surface area contributed by atoms with Gasteiger partial charge in [-0.15, -0.1) is 0 Å². The molecular weight excluding hydrogens is 483 g/mol. The Kier molecular flexibility index (Phi) is 6.62. The van der Waals surface area contributed by atoms with Gasteiger partial charge in [0.25, 0.3) is 5.67 Å². The summed E-state index contributed by atoms with van der Waals surface area (Å²) in [5, 5.41) is 2.70. The third kappa shape index (κ3) is 3.86. The number of benzene rings is 3. The van der Waals surface area contributed by atoms with Crippen molar-refractivity contribution in [1.29, 1.82) is 0 Å². The zero-order valence-corrected chi connectivity index (χ0v) is 19.3. The largest absolute Gasteiger partial charge is 0.467 e. The number of ether oxygens (including phenoxy) is 2. The van der Waals surface area contributed by atoms with Crippen molar-refractivity contribution < 1.29 is 32.2 Å². The summed E-state index contributed by atoms with van der Waals surface area (Å²) in [6.07, 6.45) is 0. The number of hydrogen-bond donors (Lipinski definition) is 1. The maximum atomic E-state index is 16.8. The third-order valence-electron chi connectivity index (χ3n) is 6.10. The van der Waals surface area contributed by atoms with Crippen molar-refractivity contribution in [1.82, 2.24) is 5.32 Å². The summed E-state index contributed by atoms with van der Waals surface area (Å²) in [5.41, 5.74) is -6.83. The summed E-state index contributed by atoms with van der Waals surface area (Å²) in [6.45, 7) is -0.439. The standard InChI is InChI=1S/C26H21ClF3NO4/c1-34-23(33)25(19-10-6-3-7-11-19)26(29,30)24(28,21(31-25)18-12-14-20(27)15-13-18)22(32)35-16-17-8-4-2-5-9-17/h2-15,21,31H,16H2,1H3/t21-,24+,25+/m0/s1. The van der Waals surface area contributed by atoms with Crippen molar-refractivity contribution in [3.8, 4) is 0 Å². The first-order valence-electron chi connectivity index (χ1n) is 10.6. The van der Waals surface area contributed by atoms with E-state index in [0.29, 0.717) is 5.56 Å². The van der Waals surface area contributed by atoms with Gasteiger partial charge in [0, 0.05) is 5.02 Å². The molecule has 182 valence electrons. The Bertz CT molecular complexity index is 1210. The van der Waals surface area contributed by atoms with Crippen molar-refractivity contribution in [2.75, 3.05) is 7.11 Å². The number of rotatable bonds is 6. The molecule has 5 nitrogen and oxygen atoms in total. The van der Waals surface area contributed by atoms with Crippen molar-refractivity contribution in [3.05, 3.63) is 107 Å². The van der Waals surface area contributed by atoms with Crippen LogP contribution >= 0.6 is 11.6 Å². The molecule has 0 unspecified atom stereocenters. The lowest BCUT2D eigenvalue weighted by Crippen LogP contribution is -2.62. The summed E-state index contributed by atoms with van der Waals surface area (Å²) in [7, 11) is 0.911. The average Bonchev–Trinajstić information content (AvgIpc) is 3.08. The van der Waals surface area contributed by atoms with Gasteiger partial charge < -0.3 is 9.47 Å². The molecule has 3 aromatic carbocycles. The van der Waals surface area contributed by atoms with Gasteiger partial charge in [-0.05, 0) is 28.8 Å². The highest BCUT2D eigenvalue weighted by atomic mass is 35.5. The fourth-order valence-electron chi connectivity index (χ4n) is 4.31. The van der Waals surface area contributed by atoms with Crippen LogP contribution in [0.3, 0.4) is 0 Å². The molecule has 0 aromatic heterocycles. The Hall–Kier alpha value is -3.36. The Morgan fingerprint density at radius 2 is 1.46 bits per heavy atom. The zero-order chi connectivity index (χ0) is 25.3. The normalized spacial score (nSPS) is 25.1. The van der Waals surface area contributed by atoms with Crippen LogP contribution in [0, 0.1) is 0 Å². The molecular formula is C26H21ClF3NO4. The van der Waals surface area contributed by atoms with E-state index in [9.17, 15) is 9.59 Å². The molecule has 35 heavy (non-hydrogen) atoms. The summed E-state index contributed by atoms with van der Waals surface area (Å²) in [4.78, 5) is 26.1. The molecule has 1 aliphatic heterocycles. The van der Waals surface area contributed by atoms with Gasteiger partial charge in [-0.2, -0.15) is 8.78 Å². The number of hydrogen-bond acceptors (Lipinski definition) is 5. The van der Waals surface area contributed by atoms with Gasteiger partial charge in [-0.3, -0.25) is 5.32 Å². The van der Waals surface area contributed by atoms with Crippen LogP contribution in [0.1, 0.15) is 22.7 Å². The molecule has 0 spiro atoms. The molecule has 0 saturated carbocycles. The first-order chi connectivity index (χ1) is 16.7. The number of carbonyl (C=O) groups is 2. The predicted molar refractivity (Wildman–Crippen MR) is 122 cm³/mol. The van der Waals surface area contributed by atoms with E-state index < -0.39 is 41.7 Å². The van der Waals surface area contributed by atoms with Crippen molar-refractivity contribution in [2.24, 2.45) is 0 Å². The number of halogens is 4. The Labute approximate surface area is 204 Å². The highest BCUT2D eigenvalue weighted by molar-refractivity contribution is 6.30. The topological polar surface area (TPSA) is 64.6 Å². The molecule has 0 aliphatic carbocycles. The molecule has 3 aromatic rings. The molecule has 0 radical (unpaired) electrons. The van der Waals surface area contributed by atoms with E-state index in [4.69, 9.17) is 21.1 Å². The van der Waals surface area contributed by atoms with Crippen LogP contribution in [0.5, 0.6) is 0 Å². The van der Waals surface area contributed by atoms with Crippen LogP contribution in [0.2, 0.25) is 5.02 Å². The Morgan fingerprint density at radius 1 is 0.886 bits per heavy atom. The molecule has 0 amide bonds. The minimum atomic E-state index is -4.63. The molecule has 1 saturated heterocycles. The first kappa shape index (κ1) is 24.8. The van der Waals surface area contributed by atoms with E-state index in [0.717, 1.165) is 7.11 Å². The quantitative estimate of drug-likeness (QED) is 0.472. The molecule has 4 rings (SSSR count). The van der Waals surface area contributed by atoms with Crippen LogP contribution in [0.4, 0.5) is 13.2 Å². The van der Waals surface area contributed by atoms with Gasteiger partial charge >= 0.3 is 17.9 Å². The van der Waals surface area contributed by atoms with Gasteiger partial charge in [-0.1, -0.05) is 84.4 Å². The summed E-state index contributed by atoms with van der Waals surface area (Å²) in [5.74, 6) is -7.91. The number of alkyl halides is 3. The van der Waals surface area contributed by atoms with E-state index in [-0.39, 0.29) is 16.1 Å². The van der Waals surface area contributed by atoms with Gasteiger partial charge in [0.05, 0.1) is 13.2 Å². The highest BCUT2D eigenvalue weighted by Crippen LogP contribution is 2.59. The predicted octanol–water partition coefficient (Wildman–Crippen LogP) is 5.14. The third-order valence-corrected chi connectivity index (χ3v) is 6.35. The molecule has 1 heterocycles. The second-order valence-corrected chi connectivity index (χ2v) is 8.52. The number of esters is 2. The van der Waals surface area contributed by atoms with Gasteiger partial charge in [0.2, 0.25) is 5.54 Å². The maximum absolute atomic E-state index is 16.8. The summed E-state index contributed by atoms with van der Waals surface area (Å²) >= 11 is 5.92. The molecule has 1 fully saturated rings. The fourth-order valence-corrected chi connectivity index (χ4v) is 4.44. The minimum Gasteiger partial charge on any atom is -0.467 e. The molecule has 0 bridgehead atoms. The first-order valence-corrected chi connectivity index (χ1v) is 11.0. The molecule has 1 aliphatic rings. The Morgan fingerprint density at radius 3 is 2.03 bits per heavy atom. The van der Waals surface area contributed by atoms with Crippen molar-refractivity contribution >= 4 is 23.5 Å². The average molecular weight is 504 g/mol. The minimum absolute atomic E-state index is 0.0325. The molecule has 9 heteroatoms. The second kappa shape index (κ2) is 9.36. The zero-order valence-electron chi connectivity index (χ0n) is 18.5. The lowest BCUT2D eigenvalue weighted by molar-refractivity contribution is -0.204. The lowest BCUT2D eigenvalue weighted by atomic mass is 9.78. The van der Waals surface area contributed by atoms with Crippen molar-refractivity contribution in [3.63, 3.8) is 0 Å². The molecule has 1 N–H and O–H groups in total. The van der Waals surface area contributed by atoms with Crippen LogP contribution in [0.25, 0.3) is 0 Å². The summed E-state index contributed by atoms with van der Waals surface area (Å²) < 4.78 is 59.3. The summed E-state index contributed by atoms with van der Waals surface area (Å²) in [6, 6.07) is 18.5. The van der Waals surface area contributed by atoms with Crippen LogP contribution in [-0.4, -0.2) is 30.6 Å². The van der Waals surface area contributed by atoms with Gasteiger partial charge in [-0.25, -0.2) is 14.0 Å². The SMILES string of the molecule is COC(=O)[C@@]1(c2ccccc2)N[C@@H](c2ccc(Cl)cc2)[C@@](F)(C(=O)OCc2ccccc2)C1(F)F. The van der Waals surface area contributed by atoms with Crippen molar-refractivity contribution in [2.45, 2.75) is 29.8 Å². The number of carbonyl (C=O) groups excluding carboxylic acids is 2. The van der Waals surface area contributed by atoms with E-state index in [1.807, 2.05) is 0 Å². The lowest BCUT2D eigenvalue weighted by Gasteiger charge is -2.35. The van der Waals surface area contributed by atoms with E-state index in [1.54, 1.807) is 36.4 Å². The second-order valence-electron chi connectivity index (χ2n) is 8.08. The highest BCUT2D eigenvalue weighted by Gasteiger charge is 2.84. The van der Waals surface area contributed by atoms with Gasteiger partial charge in [0.1, 0.15) is 6.61 Å². The van der Waals surface area contributed by atoms with Crippen LogP contribution in [-0.2, 0) is 31.2 Å². The fraction of sp³-hybridized carbons (Fsp3) is 0.231. The smallest absolute Gasteiger partial charge is 0.352 e.